The Kier molecular flexibility index (Phi) is 2.68. The molecule has 3 nitrogen and oxygen atoms in total. The van der Waals surface area contributed by atoms with Crippen LogP contribution in [0.5, 0.6) is 0 Å². The largest absolute Gasteiger partial charge is 0.369 e. The Bertz CT molecular complexity index is 373. The third-order valence-corrected chi connectivity index (χ3v) is 2.20. The Labute approximate surface area is 83.8 Å². The van der Waals surface area contributed by atoms with Crippen LogP contribution in [-0.4, -0.2) is 15.9 Å². The summed E-state index contributed by atoms with van der Waals surface area (Å²) < 4.78 is 2.02. The lowest BCUT2D eigenvalue weighted by Gasteiger charge is -1.98. The molecule has 0 saturated heterocycles. The number of nitrogens with zero attached hydrogens (tertiary/aromatic N) is 2. The Morgan fingerprint density at radius 2 is 2.36 bits per heavy atom. The average Bonchev–Trinajstić information content (AvgIpc) is 2.60. The standard InChI is InChI=1S/C11H15N3/c1-2-3-7-12-10-9-14-8-5-4-6-11(14)13-10/h4-6,8-9,12H,2-3,7H2,1H3. The summed E-state index contributed by atoms with van der Waals surface area (Å²) in [6.45, 7) is 3.19. The van der Waals surface area contributed by atoms with E-state index in [1.54, 1.807) is 0 Å². The van der Waals surface area contributed by atoms with E-state index in [1.165, 1.54) is 12.8 Å². The molecular formula is C11H15N3. The van der Waals surface area contributed by atoms with Gasteiger partial charge in [0, 0.05) is 12.7 Å². The number of anilines is 1. The van der Waals surface area contributed by atoms with E-state index in [4.69, 9.17) is 0 Å². The van der Waals surface area contributed by atoms with Gasteiger partial charge in [-0.25, -0.2) is 4.98 Å². The summed E-state index contributed by atoms with van der Waals surface area (Å²) >= 11 is 0. The summed E-state index contributed by atoms with van der Waals surface area (Å²) in [4.78, 5) is 4.44. The molecule has 0 unspecified atom stereocenters. The Balaban J connectivity index is 2.11. The Hall–Kier alpha value is -1.51. The van der Waals surface area contributed by atoms with Crippen molar-refractivity contribution in [2.24, 2.45) is 0 Å². The SMILES string of the molecule is CCCCNc1cn2ccccc2n1. The predicted octanol–water partition coefficient (Wildman–Crippen LogP) is 2.55. The fraction of sp³-hybridized carbons (Fsp3) is 0.364. The normalized spacial score (nSPS) is 10.6. The third kappa shape index (κ3) is 1.87. The van der Waals surface area contributed by atoms with E-state index in [0.717, 1.165) is 18.0 Å². The van der Waals surface area contributed by atoms with E-state index in [2.05, 4.69) is 17.2 Å². The quantitative estimate of drug-likeness (QED) is 0.749. The minimum Gasteiger partial charge on any atom is -0.369 e. The second-order valence-electron chi connectivity index (χ2n) is 3.37. The predicted molar refractivity (Wildman–Crippen MR) is 58.6 cm³/mol. The number of nitrogens with one attached hydrogen (secondary N) is 1. The van der Waals surface area contributed by atoms with Crippen LogP contribution < -0.4 is 5.32 Å². The van der Waals surface area contributed by atoms with E-state index < -0.39 is 0 Å². The van der Waals surface area contributed by atoms with Gasteiger partial charge < -0.3 is 9.72 Å². The van der Waals surface area contributed by atoms with Gasteiger partial charge >= 0.3 is 0 Å². The van der Waals surface area contributed by atoms with Crippen molar-refractivity contribution in [2.45, 2.75) is 19.8 Å². The monoisotopic (exact) mass is 189 g/mol. The number of fused-ring (bicyclic) bond motifs is 1. The van der Waals surface area contributed by atoms with Crippen molar-refractivity contribution in [2.75, 3.05) is 11.9 Å². The van der Waals surface area contributed by atoms with Gasteiger partial charge in [-0.2, -0.15) is 0 Å². The van der Waals surface area contributed by atoms with Crippen molar-refractivity contribution in [1.82, 2.24) is 9.38 Å². The number of unbranched alkanes of at least 4 members (excludes halogenated alkanes) is 1. The number of hydrogen-bond donors (Lipinski definition) is 1. The Morgan fingerprint density at radius 3 is 3.14 bits per heavy atom. The molecule has 0 fully saturated rings. The van der Waals surface area contributed by atoms with Crippen molar-refractivity contribution >= 4 is 11.5 Å². The van der Waals surface area contributed by atoms with Gasteiger partial charge in [0.15, 0.2) is 0 Å². The van der Waals surface area contributed by atoms with Gasteiger partial charge in [-0.15, -0.1) is 0 Å². The molecule has 0 spiro atoms. The zero-order valence-corrected chi connectivity index (χ0v) is 8.40. The molecular weight excluding hydrogens is 174 g/mol. The molecule has 74 valence electrons. The zero-order chi connectivity index (χ0) is 9.80. The molecule has 2 heterocycles. The molecule has 2 rings (SSSR count). The maximum absolute atomic E-state index is 4.44. The highest BCUT2D eigenvalue weighted by Gasteiger charge is 1.98. The van der Waals surface area contributed by atoms with Gasteiger partial charge in [0.2, 0.25) is 0 Å². The molecule has 0 aliphatic heterocycles. The van der Waals surface area contributed by atoms with Crippen molar-refractivity contribution < 1.29 is 0 Å². The number of imidazole rings is 1. The first kappa shape index (κ1) is 9.06. The summed E-state index contributed by atoms with van der Waals surface area (Å²) in [5.41, 5.74) is 0.992. The van der Waals surface area contributed by atoms with E-state index in [1.807, 2.05) is 35.0 Å². The summed E-state index contributed by atoms with van der Waals surface area (Å²) in [6.07, 6.45) is 6.42. The van der Waals surface area contributed by atoms with Gasteiger partial charge in [0.25, 0.3) is 0 Å². The van der Waals surface area contributed by atoms with Gasteiger partial charge in [-0.3, -0.25) is 0 Å². The second kappa shape index (κ2) is 4.13. The molecule has 0 amide bonds. The van der Waals surface area contributed by atoms with Gasteiger partial charge in [0.05, 0.1) is 6.20 Å². The first-order valence-electron chi connectivity index (χ1n) is 5.08. The summed E-state index contributed by atoms with van der Waals surface area (Å²) in [6, 6.07) is 6.01. The molecule has 14 heavy (non-hydrogen) atoms. The van der Waals surface area contributed by atoms with Gasteiger partial charge in [-0.05, 0) is 18.6 Å². The molecule has 2 aromatic rings. The van der Waals surface area contributed by atoms with Crippen molar-refractivity contribution in [3.05, 3.63) is 30.6 Å². The molecule has 1 N–H and O–H groups in total. The molecule has 0 aliphatic rings. The van der Waals surface area contributed by atoms with Crippen LogP contribution >= 0.6 is 0 Å². The smallest absolute Gasteiger partial charge is 0.145 e. The molecule has 0 aromatic carbocycles. The molecule has 0 bridgehead atoms. The molecule has 2 aromatic heterocycles. The number of aromatic nitrogens is 2. The lowest BCUT2D eigenvalue weighted by atomic mass is 10.3. The van der Waals surface area contributed by atoms with Crippen molar-refractivity contribution in [1.29, 1.82) is 0 Å². The minimum absolute atomic E-state index is 0.963. The summed E-state index contributed by atoms with van der Waals surface area (Å²) in [5.74, 6) is 0.963. The van der Waals surface area contributed by atoms with Crippen molar-refractivity contribution in [3.8, 4) is 0 Å². The molecule has 0 radical (unpaired) electrons. The molecule has 3 heteroatoms. The zero-order valence-electron chi connectivity index (χ0n) is 8.40. The van der Waals surface area contributed by atoms with E-state index in [9.17, 15) is 0 Å². The average molecular weight is 189 g/mol. The fourth-order valence-corrected chi connectivity index (χ4v) is 1.41. The lowest BCUT2D eigenvalue weighted by Crippen LogP contribution is -2.00. The molecule has 0 aliphatic carbocycles. The maximum Gasteiger partial charge on any atom is 0.145 e. The summed E-state index contributed by atoms with van der Waals surface area (Å²) in [5, 5.41) is 3.30. The van der Waals surface area contributed by atoms with Crippen LogP contribution in [-0.2, 0) is 0 Å². The maximum atomic E-state index is 4.44. The number of hydrogen-bond acceptors (Lipinski definition) is 2. The molecule has 0 atom stereocenters. The first-order valence-corrected chi connectivity index (χ1v) is 5.08. The van der Waals surface area contributed by atoms with Crippen LogP contribution in [0.4, 0.5) is 5.82 Å². The van der Waals surface area contributed by atoms with E-state index in [0.29, 0.717) is 0 Å². The van der Waals surface area contributed by atoms with Crippen LogP contribution in [0.25, 0.3) is 5.65 Å². The van der Waals surface area contributed by atoms with Crippen LogP contribution in [0, 0.1) is 0 Å². The number of rotatable bonds is 4. The first-order chi connectivity index (χ1) is 6.90. The number of pyridine rings is 1. The lowest BCUT2D eigenvalue weighted by molar-refractivity contribution is 0.832. The van der Waals surface area contributed by atoms with Crippen molar-refractivity contribution in [3.63, 3.8) is 0 Å². The fourth-order valence-electron chi connectivity index (χ4n) is 1.41. The van der Waals surface area contributed by atoms with Crippen LogP contribution in [0.2, 0.25) is 0 Å². The minimum atomic E-state index is 0.963. The summed E-state index contributed by atoms with van der Waals surface area (Å²) in [7, 11) is 0. The highest BCUT2D eigenvalue weighted by Crippen LogP contribution is 2.08. The van der Waals surface area contributed by atoms with E-state index >= 15 is 0 Å². The highest BCUT2D eigenvalue weighted by atomic mass is 15.1. The second-order valence-corrected chi connectivity index (χ2v) is 3.37. The molecule has 0 saturated carbocycles. The Morgan fingerprint density at radius 1 is 1.43 bits per heavy atom. The van der Waals surface area contributed by atoms with Gasteiger partial charge in [-0.1, -0.05) is 19.4 Å². The third-order valence-electron chi connectivity index (χ3n) is 2.20. The van der Waals surface area contributed by atoms with Crippen LogP contribution in [0.1, 0.15) is 19.8 Å². The topological polar surface area (TPSA) is 29.3 Å². The van der Waals surface area contributed by atoms with Crippen LogP contribution in [0.15, 0.2) is 30.6 Å². The van der Waals surface area contributed by atoms with Gasteiger partial charge in [0.1, 0.15) is 11.5 Å². The van der Waals surface area contributed by atoms with Crippen LogP contribution in [0.3, 0.4) is 0 Å². The van der Waals surface area contributed by atoms with E-state index in [-0.39, 0.29) is 0 Å². The highest BCUT2D eigenvalue weighted by molar-refractivity contribution is 5.48.